The topological polar surface area (TPSA) is 99.9 Å². The minimum Gasteiger partial charge on any atom is -0.457 e. The summed E-state index contributed by atoms with van der Waals surface area (Å²) in [6, 6.07) is 7.17. The van der Waals surface area contributed by atoms with Crippen molar-refractivity contribution in [2.45, 2.75) is 17.3 Å². The Balaban J connectivity index is 1.66. The van der Waals surface area contributed by atoms with Crippen LogP contribution in [0, 0.1) is 5.82 Å². The molecule has 0 saturated heterocycles. The van der Waals surface area contributed by atoms with Crippen molar-refractivity contribution in [3.63, 3.8) is 0 Å². The molecule has 2 aromatic carbocycles. The smallest absolute Gasteiger partial charge is 0.457 e. The molecule has 180 valence electrons. The van der Waals surface area contributed by atoms with Crippen molar-refractivity contribution in [2.24, 2.45) is 5.73 Å². The largest absolute Gasteiger partial charge is 0.534 e. The normalized spacial score (nSPS) is 21.6. The minimum absolute atomic E-state index is 0.00698. The van der Waals surface area contributed by atoms with E-state index in [2.05, 4.69) is 9.50 Å². The molecule has 0 unspecified atom stereocenters. The van der Waals surface area contributed by atoms with E-state index in [1.165, 1.54) is 0 Å². The van der Waals surface area contributed by atoms with Crippen molar-refractivity contribution in [2.75, 3.05) is 19.8 Å². The highest BCUT2D eigenvalue weighted by Gasteiger charge is 2.50. The first-order valence-electron chi connectivity index (χ1n) is 10.2. The Morgan fingerprint density at radius 2 is 1.88 bits per heavy atom. The highest BCUT2D eigenvalue weighted by molar-refractivity contribution is 7.88. The molecule has 0 saturated carbocycles. The van der Waals surface area contributed by atoms with Crippen LogP contribution in [-0.2, 0) is 20.3 Å². The Labute approximate surface area is 191 Å². The van der Waals surface area contributed by atoms with Crippen LogP contribution in [-0.4, -0.2) is 33.7 Å². The van der Waals surface area contributed by atoms with E-state index < -0.39 is 32.6 Å². The minimum atomic E-state index is -6.08. The van der Waals surface area contributed by atoms with Crippen molar-refractivity contribution in [3.8, 4) is 17.2 Å². The number of hydrogen-bond donors (Lipinski definition) is 2. The first kappa shape index (κ1) is 22.5. The van der Waals surface area contributed by atoms with E-state index in [1.807, 2.05) is 18.2 Å². The number of halogens is 4. The number of hydrogen-bond acceptors (Lipinski definition) is 7. The molecule has 0 aromatic heterocycles. The van der Waals surface area contributed by atoms with Crippen molar-refractivity contribution >= 4 is 15.7 Å². The van der Waals surface area contributed by atoms with Crippen LogP contribution >= 0.6 is 0 Å². The average Bonchev–Trinajstić information content (AvgIpc) is 3.17. The second-order valence-electron chi connectivity index (χ2n) is 8.05. The van der Waals surface area contributed by atoms with Gasteiger partial charge in [0.25, 0.3) is 0 Å². The second kappa shape index (κ2) is 7.64. The average molecular weight is 498 g/mol. The second-order valence-corrected chi connectivity index (χ2v) is 9.59. The number of benzene rings is 2. The van der Waals surface area contributed by atoms with Crippen LogP contribution in [0.3, 0.4) is 0 Å². The summed E-state index contributed by atoms with van der Waals surface area (Å²) >= 11 is 0. The Morgan fingerprint density at radius 3 is 2.53 bits per heavy atom. The van der Waals surface area contributed by atoms with Crippen LogP contribution in [0.15, 0.2) is 48.3 Å². The summed E-state index contributed by atoms with van der Waals surface area (Å²) in [6.07, 6.45) is 4.29. The quantitative estimate of drug-likeness (QED) is 0.379. The van der Waals surface area contributed by atoms with Gasteiger partial charge in [0.2, 0.25) is 0 Å². The summed E-state index contributed by atoms with van der Waals surface area (Å²) in [7, 11) is -6.08. The summed E-state index contributed by atoms with van der Waals surface area (Å²) in [5.41, 5.74) is 1.99. The van der Waals surface area contributed by atoms with E-state index in [-0.39, 0.29) is 17.9 Å². The molecule has 12 heteroatoms. The predicted molar refractivity (Wildman–Crippen MR) is 113 cm³/mol. The number of nitrogens with one attached hydrogen (secondary N) is 1. The number of rotatable bonds is 3. The van der Waals surface area contributed by atoms with Crippen molar-refractivity contribution in [1.29, 1.82) is 0 Å². The highest BCUT2D eigenvalue weighted by atomic mass is 32.2. The molecule has 1 spiro atoms. The van der Waals surface area contributed by atoms with Crippen molar-refractivity contribution < 1.29 is 39.6 Å². The van der Waals surface area contributed by atoms with Gasteiger partial charge in [-0.1, -0.05) is 12.1 Å². The van der Waals surface area contributed by atoms with E-state index >= 15 is 0 Å². The van der Waals surface area contributed by atoms with Crippen LogP contribution in [0.2, 0.25) is 0 Å². The Bertz CT molecular complexity index is 1350. The molecular weight excluding hydrogens is 480 g/mol. The molecule has 0 radical (unpaired) electrons. The van der Waals surface area contributed by atoms with Crippen LogP contribution in [0.1, 0.15) is 23.1 Å². The first-order chi connectivity index (χ1) is 16.0. The molecule has 5 rings (SSSR count). The summed E-state index contributed by atoms with van der Waals surface area (Å²) in [6.45, 7) is 1.22. The highest BCUT2D eigenvalue weighted by Crippen LogP contribution is 2.52. The fourth-order valence-corrected chi connectivity index (χ4v) is 4.83. The molecule has 7 nitrogen and oxygen atoms in total. The lowest BCUT2D eigenvalue weighted by molar-refractivity contribution is -0.0500. The summed E-state index contributed by atoms with van der Waals surface area (Å²) in [4.78, 5) is 0. The zero-order chi connectivity index (χ0) is 24.3. The van der Waals surface area contributed by atoms with Gasteiger partial charge >= 0.3 is 15.6 Å². The van der Waals surface area contributed by atoms with E-state index in [0.29, 0.717) is 36.8 Å². The van der Waals surface area contributed by atoms with E-state index in [0.717, 1.165) is 23.3 Å². The maximum absolute atomic E-state index is 14.6. The van der Waals surface area contributed by atoms with Gasteiger partial charge in [-0.15, -0.1) is 0 Å². The monoisotopic (exact) mass is 498 g/mol. The van der Waals surface area contributed by atoms with Gasteiger partial charge in [0, 0.05) is 23.7 Å². The summed E-state index contributed by atoms with van der Waals surface area (Å²) < 4.78 is 91.5. The molecular formula is C22H18F4N2O5S. The molecule has 0 bridgehead atoms. The lowest BCUT2D eigenvalue weighted by atomic mass is 9.72. The predicted octanol–water partition coefficient (Wildman–Crippen LogP) is 3.65. The number of nitrogens with two attached hydrogens (primary N) is 1. The van der Waals surface area contributed by atoms with Crippen LogP contribution in [0.4, 0.5) is 17.6 Å². The fourth-order valence-electron chi connectivity index (χ4n) is 4.37. The van der Waals surface area contributed by atoms with Crippen LogP contribution in [0.5, 0.6) is 17.2 Å². The van der Waals surface area contributed by atoms with Gasteiger partial charge in [0.15, 0.2) is 11.6 Å². The van der Waals surface area contributed by atoms with E-state index in [1.54, 1.807) is 12.1 Å². The standard InChI is InChI=1S/C22H18F4N2O5S/c23-16-9-18-15(8-19(16)33-34(29,30)22(24,25)26)21(10-20(27)28-11-21)14-7-13(1-2-17(14)32-18)12-3-5-31-6-4-12/h1-3,7-10,28H,4-6,11,27H2/t21-/m1/s1. The molecule has 3 heterocycles. The summed E-state index contributed by atoms with van der Waals surface area (Å²) in [5.74, 6) is -1.70. The zero-order valence-corrected chi connectivity index (χ0v) is 18.2. The van der Waals surface area contributed by atoms with Crippen molar-refractivity contribution in [3.05, 3.63) is 70.8 Å². The third-order valence-electron chi connectivity index (χ3n) is 5.99. The first-order valence-corrected chi connectivity index (χ1v) is 11.6. The lowest BCUT2D eigenvalue weighted by Crippen LogP contribution is -2.35. The zero-order valence-electron chi connectivity index (χ0n) is 17.4. The molecule has 0 amide bonds. The van der Waals surface area contributed by atoms with E-state index in [9.17, 15) is 26.0 Å². The van der Waals surface area contributed by atoms with Gasteiger partial charge < -0.3 is 24.7 Å². The Kier molecular flexibility index (Phi) is 5.06. The lowest BCUT2D eigenvalue weighted by Gasteiger charge is -2.36. The van der Waals surface area contributed by atoms with Gasteiger partial charge in [-0.3, -0.25) is 0 Å². The van der Waals surface area contributed by atoms with Crippen molar-refractivity contribution in [1.82, 2.24) is 5.32 Å². The van der Waals surface area contributed by atoms with Gasteiger partial charge in [-0.05, 0) is 41.8 Å². The third-order valence-corrected chi connectivity index (χ3v) is 6.95. The maximum atomic E-state index is 14.6. The summed E-state index contributed by atoms with van der Waals surface area (Å²) in [5, 5.41) is 2.98. The van der Waals surface area contributed by atoms with E-state index in [4.69, 9.17) is 15.2 Å². The fraction of sp³-hybridized carbons (Fsp3) is 0.273. The van der Waals surface area contributed by atoms with Crippen LogP contribution in [0.25, 0.3) is 5.57 Å². The molecule has 3 aliphatic heterocycles. The number of fused-ring (bicyclic) bond motifs is 4. The van der Waals surface area contributed by atoms with Gasteiger partial charge in [-0.25, -0.2) is 4.39 Å². The third kappa shape index (κ3) is 3.57. The van der Waals surface area contributed by atoms with Gasteiger partial charge in [0.05, 0.1) is 24.4 Å². The molecule has 3 aliphatic rings. The number of ether oxygens (including phenoxy) is 2. The van der Waals surface area contributed by atoms with Gasteiger partial charge in [0.1, 0.15) is 11.5 Å². The maximum Gasteiger partial charge on any atom is 0.534 e. The number of alkyl halides is 3. The van der Waals surface area contributed by atoms with Crippen LogP contribution < -0.4 is 20.0 Å². The molecule has 1 atom stereocenters. The SMILES string of the molecule is NC1=C[C@@]2(CN1)c1cc(C3=CCOCC3)ccc1Oc1cc(F)c(OS(=O)(=O)C(F)(F)F)cc12. The molecule has 34 heavy (non-hydrogen) atoms. The molecule has 0 fully saturated rings. The van der Waals surface area contributed by atoms with Gasteiger partial charge in [-0.2, -0.15) is 21.6 Å². The molecule has 0 aliphatic carbocycles. The molecule has 3 N–H and O–H groups in total. The molecule has 2 aromatic rings. The Morgan fingerprint density at radius 1 is 1.12 bits per heavy atom. The Hall–Kier alpha value is -3.25.